The minimum Gasteiger partial charge on any atom is -0.381 e. The number of benzene rings is 2. The molecule has 0 aliphatic heterocycles. The Morgan fingerprint density at radius 2 is 1.71 bits per heavy atom. The molecular formula is C18H22N2O. The number of hydrogen-bond acceptors (Lipinski definition) is 2. The molecule has 0 heterocycles. The van der Waals surface area contributed by atoms with Crippen LogP contribution in [0.25, 0.3) is 0 Å². The van der Waals surface area contributed by atoms with Crippen LogP contribution in [0.15, 0.2) is 42.5 Å². The monoisotopic (exact) mass is 282 g/mol. The van der Waals surface area contributed by atoms with Crippen LogP contribution in [0.1, 0.15) is 34.0 Å². The fourth-order valence-corrected chi connectivity index (χ4v) is 2.12. The van der Waals surface area contributed by atoms with Crippen LogP contribution in [0.5, 0.6) is 0 Å². The summed E-state index contributed by atoms with van der Waals surface area (Å²) in [6, 6.07) is 14.0. The first-order chi connectivity index (χ1) is 10.1. The highest BCUT2D eigenvalue weighted by atomic mass is 16.1. The smallest absolute Gasteiger partial charge is 0.251 e. The van der Waals surface area contributed by atoms with Crippen molar-refractivity contribution in [1.82, 2.24) is 5.32 Å². The topological polar surface area (TPSA) is 41.1 Å². The lowest BCUT2D eigenvalue weighted by Crippen LogP contribution is -2.22. The van der Waals surface area contributed by atoms with E-state index in [9.17, 15) is 4.79 Å². The van der Waals surface area contributed by atoms with Crippen LogP contribution in [0, 0.1) is 13.8 Å². The van der Waals surface area contributed by atoms with E-state index in [0.29, 0.717) is 12.1 Å². The molecule has 2 aromatic rings. The van der Waals surface area contributed by atoms with Crippen molar-refractivity contribution in [2.24, 2.45) is 0 Å². The Morgan fingerprint density at radius 1 is 1.00 bits per heavy atom. The Bertz CT molecular complexity index is 618. The predicted molar refractivity (Wildman–Crippen MR) is 87.7 cm³/mol. The normalized spacial score (nSPS) is 10.2. The number of rotatable bonds is 5. The molecule has 0 unspecified atom stereocenters. The van der Waals surface area contributed by atoms with E-state index in [0.717, 1.165) is 12.2 Å². The summed E-state index contributed by atoms with van der Waals surface area (Å²) in [5.41, 5.74) is 5.58. The lowest BCUT2D eigenvalue weighted by atomic mass is 10.1. The summed E-state index contributed by atoms with van der Waals surface area (Å²) >= 11 is 0. The van der Waals surface area contributed by atoms with E-state index in [4.69, 9.17) is 0 Å². The molecule has 0 saturated carbocycles. The average Bonchev–Trinajstić information content (AvgIpc) is 2.49. The van der Waals surface area contributed by atoms with Gasteiger partial charge in [-0.2, -0.15) is 0 Å². The molecule has 0 saturated heterocycles. The zero-order valence-electron chi connectivity index (χ0n) is 12.9. The molecule has 2 rings (SSSR count). The molecular weight excluding hydrogens is 260 g/mol. The molecule has 1 amide bonds. The van der Waals surface area contributed by atoms with Gasteiger partial charge in [0.05, 0.1) is 0 Å². The number of carbonyl (C=O) groups is 1. The molecule has 0 aromatic heterocycles. The Hall–Kier alpha value is -2.29. The van der Waals surface area contributed by atoms with E-state index in [-0.39, 0.29) is 5.91 Å². The first-order valence-electron chi connectivity index (χ1n) is 7.28. The molecule has 0 spiro atoms. The number of carbonyl (C=O) groups excluding carboxylic acids is 1. The van der Waals surface area contributed by atoms with E-state index in [1.165, 1.54) is 16.7 Å². The van der Waals surface area contributed by atoms with Crippen molar-refractivity contribution in [2.45, 2.75) is 27.3 Å². The Labute approximate surface area is 126 Å². The molecule has 0 aliphatic rings. The quantitative estimate of drug-likeness (QED) is 0.878. The summed E-state index contributed by atoms with van der Waals surface area (Å²) < 4.78 is 0. The van der Waals surface area contributed by atoms with Crippen LogP contribution in [-0.2, 0) is 6.54 Å². The number of amides is 1. The molecule has 0 bridgehead atoms. The summed E-state index contributed by atoms with van der Waals surface area (Å²) in [4.78, 5) is 11.7. The molecule has 0 radical (unpaired) electrons. The maximum Gasteiger partial charge on any atom is 0.251 e. The molecule has 3 nitrogen and oxygen atoms in total. The number of hydrogen-bond donors (Lipinski definition) is 2. The van der Waals surface area contributed by atoms with Gasteiger partial charge in [0.1, 0.15) is 0 Å². The summed E-state index contributed by atoms with van der Waals surface area (Å²) in [6.45, 7) is 7.58. The van der Waals surface area contributed by atoms with Crippen molar-refractivity contribution in [2.75, 3.05) is 11.9 Å². The van der Waals surface area contributed by atoms with Gasteiger partial charge in [0.2, 0.25) is 0 Å². The second-order valence-corrected chi connectivity index (χ2v) is 5.21. The van der Waals surface area contributed by atoms with Gasteiger partial charge in [-0.3, -0.25) is 4.79 Å². The first kappa shape index (κ1) is 15.1. The standard InChI is InChI=1S/C18H22N2O/c1-4-19-18(21)16-7-9-17(10-8-16)20-12-15-6-5-13(2)14(3)11-15/h5-11,20H,4,12H2,1-3H3,(H,19,21). The second-order valence-electron chi connectivity index (χ2n) is 5.21. The number of anilines is 1. The lowest BCUT2D eigenvalue weighted by molar-refractivity contribution is 0.0956. The van der Waals surface area contributed by atoms with Crippen molar-refractivity contribution in [1.29, 1.82) is 0 Å². The van der Waals surface area contributed by atoms with Crippen molar-refractivity contribution < 1.29 is 4.79 Å². The first-order valence-corrected chi connectivity index (χ1v) is 7.28. The Morgan fingerprint density at radius 3 is 2.33 bits per heavy atom. The van der Waals surface area contributed by atoms with Crippen LogP contribution >= 0.6 is 0 Å². The predicted octanol–water partition coefficient (Wildman–Crippen LogP) is 3.67. The molecule has 0 fully saturated rings. The Kier molecular flexibility index (Phi) is 4.99. The molecule has 110 valence electrons. The minimum atomic E-state index is -0.0294. The molecule has 0 atom stereocenters. The fraction of sp³-hybridized carbons (Fsp3) is 0.278. The van der Waals surface area contributed by atoms with Gasteiger partial charge in [-0.05, 0) is 61.7 Å². The highest BCUT2D eigenvalue weighted by Gasteiger charge is 2.03. The minimum absolute atomic E-state index is 0.0294. The van der Waals surface area contributed by atoms with Gasteiger partial charge in [0, 0.05) is 24.3 Å². The van der Waals surface area contributed by atoms with Crippen molar-refractivity contribution in [3.63, 3.8) is 0 Å². The van der Waals surface area contributed by atoms with E-state index < -0.39 is 0 Å². The van der Waals surface area contributed by atoms with Crippen molar-refractivity contribution in [3.8, 4) is 0 Å². The number of nitrogens with one attached hydrogen (secondary N) is 2. The maximum atomic E-state index is 11.7. The van der Waals surface area contributed by atoms with Crippen molar-refractivity contribution >= 4 is 11.6 Å². The molecule has 3 heteroatoms. The number of aryl methyl sites for hydroxylation is 2. The van der Waals surface area contributed by atoms with E-state index >= 15 is 0 Å². The second kappa shape index (κ2) is 6.93. The molecule has 21 heavy (non-hydrogen) atoms. The SMILES string of the molecule is CCNC(=O)c1ccc(NCc2ccc(C)c(C)c2)cc1. The van der Waals surface area contributed by atoms with E-state index in [1.807, 2.05) is 31.2 Å². The van der Waals surface area contributed by atoms with Gasteiger partial charge in [-0.15, -0.1) is 0 Å². The maximum absolute atomic E-state index is 11.7. The molecule has 2 aromatic carbocycles. The third kappa shape index (κ3) is 4.09. The lowest BCUT2D eigenvalue weighted by Gasteiger charge is -2.09. The van der Waals surface area contributed by atoms with E-state index in [2.05, 4.69) is 42.7 Å². The highest BCUT2D eigenvalue weighted by molar-refractivity contribution is 5.94. The third-order valence-corrected chi connectivity index (χ3v) is 3.55. The highest BCUT2D eigenvalue weighted by Crippen LogP contribution is 2.14. The van der Waals surface area contributed by atoms with Gasteiger partial charge in [-0.25, -0.2) is 0 Å². The van der Waals surface area contributed by atoms with Crippen LogP contribution in [0.4, 0.5) is 5.69 Å². The van der Waals surface area contributed by atoms with Gasteiger partial charge in [0.15, 0.2) is 0 Å². The summed E-state index contributed by atoms with van der Waals surface area (Å²) in [5.74, 6) is -0.0294. The zero-order valence-corrected chi connectivity index (χ0v) is 12.9. The van der Waals surface area contributed by atoms with Crippen LogP contribution in [-0.4, -0.2) is 12.5 Å². The molecule has 0 aliphatic carbocycles. The fourth-order valence-electron chi connectivity index (χ4n) is 2.12. The van der Waals surface area contributed by atoms with Crippen LogP contribution < -0.4 is 10.6 Å². The summed E-state index contributed by atoms with van der Waals surface area (Å²) in [6.07, 6.45) is 0. The summed E-state index contributed by atoms with van der Waals surface area (Å²) in [7, 11) is 0. The van der Waals surface area contributed by atoms with Crippen molar-refractivity contribution in [3.05, 3.63) is 64.7 Å². The molecule has 2 N–H and O–H groups in total. The van der Waals surface area contributed by atoms with Gasteiger partial charge in [0.25, 0.3) is 5.91 Å². The summed E-state index contributed by atoms with van der Waals surface area (Å²) in [5, 5.41) is 6.17. The van der Waals surface area contributed by atoms with E-state index in [1.54, 1.807) is 0 Å². The Balaban J connectivity index is 1.97. The van der Waals surface area contributed by atoms with Gasteiger partial charge < -0.3 is 10.6 Å². The van der Waals surface area contributed by atoms with Gasteiger partial charge in [-0.1, -0.05) is 18.2 Å². The third-order valence-electron chi connectivity index (χ3n) is 3.55. The average molecular weight is 282 g/mol. The van der Waals surface area contributed by atoms with Gasteiger partial charge >= 0.3 is 0 Å². The largest absolute Gasteiger partial charge is 0.381 e. The van der Waals surface area contributed by atoms with Crippen LogP contribution in [0.2, 0.25) is 0 Å². The zero-order chi connectivity index (χ0) is 15.2. The van der Waals surface area contributed by atoms with Crippen LogP contribution in [0.3, 0.4) is 0 Å².